The Morgan fingerprint density at radius 3 is 2.41 bits per heavy atom. The highest BCUT2D eigenvalue weighted by molar-refractivity contribution is 6.03. The summed E-state index contributed by atoms with van der Waals surface area (Å²) in [5.41, 5.74) is 3.12. The van der Waals surface area contributed by atoms with E-state index in [9.17, 15) is 9.59 Å². The van der Waals surface area contributed by atoms with Gasteiger partial charge in [0.15, 0.2) is 0 Å². The van der Waals surface area contributed by atoms with Gasteiger partial charge in [-0.2, -0.15) is 0 Å². The molecule has 0 spiro atoms. The van der Waals surface area contributed by atoms with Crippen molar-refractivity contribution < 1.29 is 14.7 Å². The summed E-state index contributed by atoms with van der Waals surface area (Å²) in [4.78, 5) is 24.7. The minimum Gasteiger partial charge on any atom is -0.481 e. The third kappa shape index (κ3) is 2.70. The zero-order valence-corrected chi connectivity index (χ0v) is 11.7. The molecule has 4 nitrogen and oxygen atoms in total. The highest BCUT2D eigenvalue weighted by atomic mass is 16.4. The van der Waals surface area contributed by atoms with Crippen molar-refractivity contribution >= 4 is 17.6 Å². The molecule has 0 atom stereocenters. The normalized spacial score (nSPS) is 12.1. The number of fused-ring (bicyclic) bond motifs is 2. The van der Waals surface area contributed by atoms with E-state index in [0.717, 1.165) is 16.7 Å². The van der Waals surface area contributed by atoms with Crippen LogP contribution in [-0.2, 0) is 16.1 Å². The third-order valence-electron chi connectivity index (χ3n) is 3.48. The molecule has 1 heterocycles. The van der Waals surface area contributed by atoms with Crippen molar-refractivity contribution in [3.8, 4) is 11.8 Å². The van der Waals surface area contributed by atoms with Crippen LogP contribution in [-0.4, -0.2) is 17.0 Å². The Hall–Kier alpha value is -3.06. The van der Waals surface area contributed by atoms with E-state index >= 15 is 0 Å². The van der Waals surface area contributed by atoms with Gasteiger partial charge in [0.05, 0.1) is 12.2 Å². The van der Waals surface area contributed by atoms with Crippen LogP contribution in [0.2, 0.25) is 0 Å². The maximum Gasteiger partial charge on any atom is 0.312 e. The Morgan fingerprint density at radius 1 is 1.00 bits per heavy atom. The van der Waals surface area contributed by atoms with E-state index in [4.69, 9.17) is 5.11 Å². The molecule has 2 aromatic carbocycles. The van der Waals surface area contributed by atoms with Crippen LogP contribution in [0.1, 0.15) is 23.1 Å². The maximum absolute atomic E-state index is 12.3. The number of hydrogen-bond acceptors (Lipinski definition) is 2. The number of benzene rings is 2. The van der Waals surface area contributed by atoms with Crippen LogP contribution < -0.4 is 4.90 Å². The molecule has 1 N–H and O–H groups in total. The minimum absolute atomic E-state index is 0.313. The van der Waals surface area contributed by atoms with E-state index in [0.29, 0.717) is 12.2 Å². The summed E-state index contributed by atoms with van der Waals surface area (Å²) in [6.07, 6.45) is -0.538. The first-order valence-corrected chi connectivity index (χ1v) is 6.86. The zero-order valence-electron chi connectivity index (χ0n) is 11.7. The van der Waals surface area contributed by atoms with Crippen LogP contribution in [0.4, 0.5) is 5.69 Å². The van der Waals surface area contributed by atoms with Gasteiger partial charge in [0, 0.05) is 11.1 Å². The Kier molecular flexibility index (Phi) is 3.63. The fourth-order valence-corrected chi connectivity index (χ4v) is 2.43. The van der Waals surface area contributed by atoms with Crippen molar-refractivity contribution in [1.82, 2.24) is 0 Å². The number of amides is 1. The van der Waals surface area contributed by atoms with Crippen molar-refractivity contribution in [3.05, 3.63) is 65.2 Å². The Labute approximate surface area is 128 Å². The lowest BCUT2D eigenvalue weighted by Gasteiger charge is -2.25. The van der Waals surface area contributed by atoms with Crippen LogP contribution in [0.25, 0.3) is 0 Å². The van der Waals surface area contributed by atoms with E-state index in [1.807, 2.05) is 42.5 Å². The van der Waals surface area contributed by atoms with Gasteiger partial charge in [-0.05, 0) is 23.8 Å². The second kappa shape index (κ2) is 5.74. The number of carboxylic acids is 1. The molecule has 1 amide bonds. The maximum atomic E-state index is 12.3. The molecule has 2 aromatic rings. The van der Waals surface area contributed by atoms with E-state index in [1.54, 1.807) is 6.07 Å². The van der Waals surface area contributed by atoms with Crippen LogP contribution in [0.15, 0.2) is 48.5 Å². The van der Waals surface area contributed by atoms with E-state index < -0.39 is 18.3 Å². The largest absolute Gasteiger partial charge is 0.481 e. The Morgan fingerprint density at radius 2 is 1.64 bits per heavy atom. The lowest BCUT2D eigenvalue weighted by molar-refractivity contribution is -0.140. The monoisotopic (exact) mass is 291 g/mol. The summed E-state index contributed by atoms with van der Waals surface area (Å²) in [6.45, 7) is 0.313. The van der Waals surface area contributed by atoms with Crippen molar-refractivity contribution in [2.45, 2.75) is 13.0 Å². The summed E-state index contributed by atoms with van der Waals surface area (Å²) in [7, 11) is 0. The molecule has 3 rings (SSSR count). The van der Waals surface area contributed by atoms with Gasteiger partial charge in [-0.1, -0.05) is 42.2 Å². The van der Waals surface area contributed by atoms with Crippen molar-refractivity contribution in [2.24, 2.45) is 0 Å². The van der Waals surface area contributed by atoms with Gasteiger partial charge in [0.25, 0.3) is 0 Å². The number of nitrogens with zero attached hydrogens (tertiary/aromatic N) is 1. The highest BCUT2D eigenvalue weighted by Gasteiger charge is 2.22. The molecule has 1 aliphatic heterocycles. The van der Waals surface area contributed by atoms with Gasteiger partial charge in [-0.15, -0.1) is 0 Å². The van der Waals surface area contributed by atoms with Crippen LogP contribution in [0.3, 0.4) is 0 Å². The molecule has 0 saturated heterocycles. The predicted octanol–water partition coefficient (Wildman–Crippen LogP) is 2.41. The van der Waals surface area contributed by atoms with E-state index in [1.165, 1.54) is 4.90 Å². The smallest absolute Gasteiger partial charge is 0.312 e. The molecule has 0 unspecified atom stereocenters. The number of aliphatic carboxylic acids is 1. The van der Waals surface area contributed by atoms with Gasteiger partial charge < -0.3 is 10.0 Å². The van der Waals surface area contributed by atoms with Crippen LogP contribution in [0, 0.1) is 11.8 Å². The molecule has 0 aliphatic carbocycles. The summed E-state index contributed by atoms with van der Waals surface area (Å²) >= 11 is 0. The molecule has 0 bridgehead atoms. The lowest BCUT2D eigenvalue weighted by atomic mass is 10.0. The SMILES string of the molecule is O=C(O)CC(=O)N1Cc2ccccc2C#Cc2ccccc21. The topological polar surface area (TPSA) is 57.6 Å². The van der Waals surface area contributed by atoms with Gasteiger partial charge in [-0.25, -0.2) is 0 Å². The van der Waals surface area contributed by atoms with E-state index in [2.05, 4.69) is 11.8 Å². The molecule has 0 saturated carbocycles. The standard InChI is InChI=1S/C18H13NO3/c20-17(11-18(21)22)19-12-15-7-2-1-5-13(15)9-10-14-6-3-4-8-16(14)19/h1-8H,11-12H2,(H,21,22). The Balaban J connectivity index is 2.13. The fraction of sp³-hybridized carbons (Fsp3) is 0.111. The number of carbonyl (C=O) groups is 2. The highest BCUT2D eigenvalue weighted by Crippen LogP contribution is 2.25. The number of para-hydroxylation sites is 1. The molecule has 0 aromatic heterocycles. The Bertz CT molecular complexity index is 814. The molecule has 0 radical (unpaired) electrons. The van der Waals surface area contributed by atoms with Gasteiger partial charge in [-0.3, -0.25) is 9.59 Å². The second-order valence-electron chi connectivity index (χ2n) is 4.97. The lowest BCUT2D eigenvalue weighted by Crippen LogP contribution is -2.33. The summed E-state index contributed by atoms with van der Waals surface area (Å²) < 4.78 is 0. The van der Waals surface area contributed by atoms with Gasteiger partial charge in [0.2, 0.25) is 5.91 Å². The molecule has 22 heavy (non-hydrogen) atoms. The predicted molar refractivity (Wildman–Crippen MR) is 82.3 cm³/mol. The van der Waals surface area contributed by atoms with Crippen molar-refractivity contribution in [3.63, 3.8) is 0 Å². The van der Waals surface area contributed by atoms with Crippen LogP contribution in [0.5, 0.6) is 0 Å². The zero-order chi connectivity index (χ0) is 15.5. The number of hydrogen-bond donors (Lipinski definition) is 1. The molecule has 1 aliphatic rings. The third-order valence-corrected chi connectivity index (χ3v) is 3.48. The molecular formula is C18H13NO3. The second-order valence-corrected chi connectivity index (χ2v) is 4.97. The number of rotatable bonds is 2. The quantitative estimate of drug-likeness (QED) is 0.683. The number of carbonyl (C=O) groups excluding carboxylic acids is 1. The van der Waals surface area contributed by atoms with Crippen molar-refractivity contribution in [2.75, 3.05) is 4.90 Å². The average Bonchev–Trinajstić information content (AvgIpc) is 2.49. The molecule has 4 heteroatoms. The summed E-state index contributed by atoms with van der Waals surface area (Å²) in [5.74, 6) is 4.60. The first-order chi connectivity index (χ1) is 10.6. The summed E-state index contributed by atoms with van der Waals surface area (Å²) in [6, 6.07) is 14.9. The molecule has 0 fully saturated rings. The van der Waals surface area contributed by atoms with Gasteiger partial charge >= 0.3 is 5.97 Å². The minimum atomic E-state index is -1.14. The van der Waals surface area contributed by atoms with Crippen LogP contribution >= 0.6 is 0 Å². The summed E-state index contributed by atoms with van der Waals surface area (Å²) in [5, 5.41) is 8.91. The average molecular weight is 291 g/mol. The van der Waals surface area contributed by atoms with Gasteiger partial charge in [0.1, 0.15) is 6.42 Å². The number of carboxylic acid groups (broad SMARTS) is 1. The molecule has 108 valence electrons. The number of anilines is 1. The van der Waals surface area contributed by atoms with Crippen molar-refractivity contribution in [1.29, 1.82) is 0 Å². The molecular weight excluding hydrogens is 278 g/mol. The fourth-order valence-electron chi connectivity index (χ4n) is 2.43. The van der Waals surface area contributed by atoms with E-state index in [-0.39, 0.29) is 0 Å². The first kappa shape index (κ1) is 13.9. The first-order valence-electron chi connectivity index (χ1n) is 6.86.